The van der Waals surface area contributed by atoms with Crippen molar-refractivity contribution in [2.24, 2.45) is 0 Å². The number of nitrogens with one attached hydrogen (secondary N) is 1. The van der Waals surface area contributed by atoms with E-state index in [1.165, 1.54) is 4.68 Å². The van der Waals surface area contributed by atoms with Crippen LogP contribution in [0.4, 0.5) is 0 Å². The zero-order chi connectivity index (χ0) is 22.4. The number of benzene rings is 1. The van der Waals surface area contributed by atoms with Crippen molar-refractivity contribution < 1.29 is 9.59 Å². The highest BCUT2D eigenvalue weighted by Crippen LogP contribution is 2.17. The van der Waals surface area contributed by atoms with E-state index in [2.05, 4.69) is 22.2 Å². The predicted molar refractivity (Wildman–Crippen MR) is 121 cm³/mol. The maximum atomic E-state index is 13.3. The first-order valence-electron chi connectivity index (χ1n) is 11.2. The fourth-order valence-electron chi connectivity index (χ4n) is 3.89. The normalized spacial score (nSPS) is 14.9. The number of carbonyl (C=O) groups excluding carboxylic acids is 2. The van der Waals surface area contributed by atoms with Crippen molar-refractivity contribution >= 4 is 22.6 Å². The molecule has 2 amide bonds. The summed E-state index contributed by atoms with van der Waals surface area (Å²) >= 11 is 0. The molecular weight excluding hydrogens is 394 g/mol. The molecular formula is C23H33N5O3. The summed E-state index contributed by atoms with van der Waals surface area (Å²) in [5.74, 6) is -0.159. The highest BCUT2D eigenvalue weighted by atomic mass is 16.2. The molecule has 8 heteroatoms. The monoisotopic (exact) mass is 427 g/mol. The number of hydrogen-bond donors (Lipinski definition) is 1. The molecule has 1 N–H and O–H groups in total. The number of rotatable bonds is 8. The molecule has 1 aromatic heterocycles. The predicted octanol–water partition coefficient (Wildman–Crippen LogP) is 1.87. The van der Waals surface area contributed by atoms with Crippen LogP contribution in [-0.4, -0.2) is 70.2 Å². The first-order chi connectivity index (χ1) is 14.9. The lowest BCUT2D eigenvalue weighted by Gasteiger charge is -2.34. The van der Waals surface area contributed by atoms with Crippen LogP contribution in [0.1, 0.15) is 50.5 Å². The van der Waals surface area contributed by atoms with Gasteiger partial charge in [-0.15, -0.1) is 0 Å². The molecule has 0 saturated carbocycles. The molecule has 8 nitrogen and oxygen atoms in total. The molecule has 1 aliphatic rings. The lowest BCUT2D eigenvalue weighted by atomic mass is 10.1. The standard InChI is InChI=1S/C23H33N5O3/c1-4-5-8-11-28-22(30)19-10-7-6-9-18(19)21(25-28)23(31)27-14-12-26(13-15-27)16-20(29)24-17(2)3/h6-7,9-10,17H,4-5,8,11-16H2,1-3H3,(H,24,29). The van der Waals surface area contributed by atoms with Gasteiger partial charge in [0.2, 0.25) is 5.91 Å². The average Bonchev–Trinajstić information content (AvgIpc) is 2.75. The number of nitrogens with zero attached hydrogens (tertiary/aromatic N) is 4. The second kappa shape index (κ2) is 10.5. The van der Waals surface area contributed by atoms with Crippen LogP contribution in [-0.2, 0) is 11.3 Å². The highest BCUT2D eigenvalue weighted by Gasteiger charge is 2.26. The maximum absolute atomic E-state index is 13.3. The van der Waals surface area contributed by atoms with Gasteiger partial charge < -0.3 is 10.2 Å². The van der Waals surface area contributed by atoms with Gasteiger partial charge in [-0.25, -0.2) is 4.68 Å². The van der Waals surface area contributed by atoms with E-state index >= 15 is 0 Å². The van der Waals surface area contributed by atoms with Crippen LogP contribution >= 0.6 is 0 Å². The largest absolute Gasteiger partial charge is 0.353 e. The van der Waals surface area contributed by atoms with Gasteiger partial charge in [0.1, 0.15) is 0 Å². The Morgan fingerprint density at radius 1 is 1.06 bits per heavy atom. The molecule has 1 fully saturated rings. The van der Waals surface area contributed by atoms with Crippen LogP contribution in [0.25, 0.3) is 10.8 Å². The zero-order valence-corrected chi connectivity index (χ0v) is 18.8. The van der Waals surface area contributed by atoms with Gasteiger partial charge in [-0.05, 0) is 26.3 Å². The Morgan fingerprint density at radius 2 is 1.74 bits per heavy atom. The van der Waals surface area contributed by atoms with Crippen molar-refractivity contribution in [2.45, 2.75) is 52.6 Å². The molecule has 0 unspecified atom stereocenters. The minimum atomic E-state index is -0.160. The minimum Gasteiger partial charge on any atom is -0.353 e. The van der Waals surface area contributed by atoms with Crippen LogP contribution in [0.15, 0.2) is 29.1 Å². The van der Waals surface area contributed by atoms with Crippen molar-refractivity contribution in [3.63, 3.8) is 0 Å². The number of fused-ring (bicyclic) bond motifs is 1. The third-order valence-electron chi connectivity index (χ3n) is 5.52. The molecule has 168 valence electrons. The molecule has 3 rings (SSSR count). The third-order valence-corrected chi connectivity index (χ3v) is 5.52. The first-order valence-corrected chi connectivity index (χ1v) is 11.2. The molecule has 2 heterocycles. The third kappa shape index (κ3) is 5.70. The Balaban J connectivity index is 1.76. The second-order valence-corrected chi connectivity index (χ2v) is 8.42. The van der Waals surface area contributed by atoms with Crippen molar-refractivity contribution in [3.8, 4) is 0 Å². The van der Waals surface area contributed by atoms with Crippen molar-refractivity contribution in [2.75, 3.05) is 32.7 Å². The summed E-state index contributed by atoms with van der Waals surface area (Å²) in [7, 11) is 0. The average molecular weight is 428 g/mol. The molecule has 1 aromatic carbocycles. The van der Waals surface area contributed by atoms with Crippen LogP contribution in [0.2, 0.25) is 0 Å². The number of hydrogen-bond acceptors (Lipinski definition) is 5. The van der Waals surface area contributed by atoms with Crippen LogP contribution < -0.4 is 10.9 Å². The summed E-state index contributed by atoms with van der Waals surface area (Å²) in [5.41, 5.74) is 0.182. The number of unbranched alkanes of at least 4 members (excludes halogenated alkanes) is 2. The van der Waals surface area contributed by atoms with Gasteiger partial charge in [0.25, 0.3) is 11.5 Å². The van der Waals surface area contributed by atoms with Gasteiger partial charge in [-0.2, -0.15) is 5.10 Å². The van der Waals surface area contributed by atoms with Gasteiger partial charge in [-0.3, -0.25) is 19.3 Å². The quantitative estimate of drug-likeness (QED) is 0.650. The van der Waals surface area contributed by atoms with Crippen molar-refractivity contribution in [1.29, 1.82) is 0 Å². The topological polar surface area (TPSA) is 87.5 Å². The van der Waals surface area contributed by atoms with E-state index < -0.39 is 0 Å². The van der Waals surface area contributed by atoms with Gasteiger partial charge in [0.05, 0.1) is 11.9 Å². The Bertz CT molecular complexity index is 977. The number of piperazine rings is 1. The smallest absolute Gasteiger partial charge is 0.275 e. The summed E-state index contributed by atoms with van der Waals surface area (Å²) in [6.07, 6.45) is 2.91. The fraction of sp³-hybridized carbons (Fsp3) is 0.565. The van der Waals surface area contributed by atoms with E-state index in [1.807, 2.05) is 26.0 Å². The molecule has 0 radical (unpaired) electrons. The van der Waals surface area contributed by atoms with Gasteiger partial charge in [0.15, 0.2) is 5.69 Å². The van der Waals surface area contributed by atoms with E-state index in [-0.39, 0.29) is 23.4 Å². The van der Waals surface area contributed by atoms with Crippen LogP contribution in [0.3, 0.4) is 0 Å². The molecule has 0 spiro atoms. The minimum absolute atomic E-state index is 0.00147. The molecule has 0 bridgehead atoms. The van der Waals surface area contributed by atoms with E-state index in [9.17, 15) is 14.4 Å². The van der Waals surface area contributed by atoms with Crippen LogP contribution in [0, 0.1) is 0 Å². The second-order valence-electron chi connectivity index (χ2n) is 8.42. The maximum Gasteiger partial charge on any atom is 0.275 e. The zero-order valence-electron chi connectivity index (χ0n) is 18.8. The first kappa shape index (κ1) is 22.9. The summed E-state index contributed by atoms with van der Waals surface area (Å²) in [5, 5.41) is 8.51. The van der Waals surface area contributed by atoms with Gasteiger partial charge in [0, 0.05) is 44.2 Å². The lowest BCUT2D eigenvalue weighted by Crippen LogP contribution is -2.51. The fourth-order valence-corrected chi connectivity index (χ4v) is 3.89. The number of aromatic nitrogens is 2. The van der Waals surface area contributed by atoms with Crippen LogP contribution in [0.5, 0.6) is 0 Å². The summed E-state index contributed by atoms with van der Waals surface area (Å²) in [6, 6.07) is 7.31. The summed E-state index contributed by atoms with van der Waals surface area (Å²) in [4.78, 5) is 42.0. The molecule has 2 aromatic rings. The van der Waals surface area contributed by atoms with E-state index in [0.717, 1.165) is 19.3 Å². The number of carbonyl (C=O) groups is 2. The molecule has 31 heavy (non-hydrogen) atoms. The highest BCUT2D eigenvalue weighted by molar-refractivity contribution is 6.04. The summed E-state index contributed by atoms with van der Waals surface area (Å²) < 4.78 is 1.44. The SMILES string of the molecule is CCCCCn1nc(C(=O)N2CCN(CC(=O)NC(C)C)CC2)c2ccccc2c1=O. The Labute approximate surface area is 183 Å². The Kier molecular flexibility index (Phi) is 7.79. The molecule has 0 atom stereocenters. The molecule has 0 aliphatic carbocycles. The van der Waals surface area contributed by atoms with E-state index in [4.69, 9.17) is 0 Å². The lowest BCUT2D eigenvalue weighted by molar-refractivity contribution is -0.123. The summed E-state index contributed by atoms with van der Waals surface area (Å²) in [6.45, 7) is 9.15. The van der Waals surface area contributed by atoms with E-state index in [0.29, 0.717) is 55.7 Å². The number of aryl methyl sites for hydroxylation is 1. The van der Waals surface area contributed by atoms with Crippen molar-refractivity contribution in [1.82, 2.24) is 24.9 Å². The van der Waals surface area contributed by atoms with E-state index in [1.54, 1.807) is 17.0 Å². The Hall–Kier alpha value is -2.74. The number of amides is 2. The van der Waals surface area contributed by atoms with Gasteiger partial charge >= 0.3 is 0 Å². The van der Waals surface area contributed by atoms with Gasteiger partial charge in [-0.1, -0.05) is 38.0 Å². The molecule has 1 aliphatic heterocycles. The molecule has 1 saturated heterocycles. The Morgan fingerprint density at radius 3 is 2.39 bits per heavy atom. The van der Waals surface area contributed by atoms with Crippen molar-refractivity contribution in [3.05, 3.63) is 40.3 Å².